The number of carbonyl (C=O) groups excluding carboxylic acids is 2. The normalized spacial score (nSPS) is 26.0. The van der Waals surface area contributed by atoms with Crippen molar-refractivity contribution in [2.75, 3.05) is 7.11 Å². The molecule has 36 heavy (non-hydrogen) atoms. The van der Waals surface area contributed by atoms with Gasteiger partial charge < -0.3 is 23.8 Å². The van der Waals surface area contributed by atoms with Gasteiger partial charge in [-0.2, -0.15) is 0 Å². The van der Waals surface area contributed by atoms with Crippen molar-refractivity contribution in [3.63, 3.8) is 0 Å². The van der Waals surface area contributed by atoms with E-state index in [0.717, 1.165) is 38.2 Å². The smallest absolute Gasteiger partial charge is 0.259 e. The van der Waals surface area contributed by atoms with E-state index in [-0.39, 0.29) is 0 Å². The second-order valence-electron chi connectivity index (χ2n) is 9.76. The highest BCUT2D eigenvalue weighted by Crippen LogP contribution is 2.53. The molecule has 2 amide bonds. The van der Waals surface area contributed by atoms with Gasteiger partial charge in [-0.05, 0) is 19.1 Å². The predicted molar refractivity (Wildman–Crippen MR) is 133 cm³/mol. The van der Waals surface area contributed by atoms with Gasteiger partial charge in [-0.15, -0.1) is 0 Å². The van der Waals surface area contributed by atoms with E-state index in [1.54, 1.807) is 7.11 Å². The third-order valence-corrected chi connectivity index (χ3v) is 8.08. The minimum atomic E-state index is -1.11. The highest BCUT2D eigenvalue weighted by Gasteiger charge is 2.52. The molecule has 178 valence electrons. The average molecular weight is 480 g/mol. The molecule has 3 unspecified atom stereocenters. The first-order valence-electron chi connectivity index (χ1n) is 11.8. The number of ether oxygens (including phenoxy) is 2. The number of methoxy groups -OCH3 is 1. The monoisotopic (exact) mass is 480 g/mol. The SMILES string of the molecule is COC1C(=NO)CC2OC1(C)n1c3ccccc3c3c4c(c5c6ccccc6n2c5c31)C(=O)NC4=O. The Balaban J connectivity index is 1.76. The van der Waals surface area contributed by atoms with Gasteiger partial charge in [0.25, 0.3) is 11.8 Å². The van der Waals surface area contributed by atoms with Crippen molar-refractivity contribution in [1.29, 1.82) is 0 Å². The molecule has 5 aromatic rings. The van der Waals surface area contributed by atoms with Gasteiger partial charge in [0.05, 0.1) is 38.9 Å². The molecule has 0 saturated carbocycles. The number of aromatic nitrogens is 2. The number of benzene rings is 3. The lowest BCUT2D eigenvalue weighted by atomic mass is 9.95. The Hall–Kier alpha value is -4.21. The highest BCUT2D eigenvalue weighted by atomic mass is 16.6. The number of nitrogens with one attached hydrogen (secondary N) is 1. The second kappa shape index (κ2) is 6.31. The van der Waals surface area contributed by atoms with Crippen LogP contribution in [0, 0.1) is 0 Å². The van der Waals surface area contributed by atoms with Crippen molar-refractivity contribution < 1.29 is 24.3 Å². The number of oxime groups is 1. The molecule has 3 aliphatic heterocycles. The number of para-hydroxylation sites is 2. The van der Waals surface area contributed by atoms with Gasteiger partial charge in [-0.3, -0.25) is 14.9 Å². The molecule has 3 aromatic carbocycles. The summed E-state index contributed by atoms with van der Waals surface area (Å²) in [6.07, 6.45) is -0.924. The molecule has 0 radical (unpaired) electrons. The molecular weight excluding hydrogens is 460 g/mol. The van der Waals surface area contributed by atoms with Crippen LogP contribution in [0.25, 0.3) is 43.6 Å². The molecule has 2 bridgehead atoms. The van der Waals surface area contributed by atoms with Gasteiger partial charge >= 0.3 is 0 Å². The molecule has 9 nitrogen and oxygen atoms in total. The lowest BCUT2D eigenvalue weighted by molar-refractivity contribution is -0.211. The van der Waals surface area contributed by atoms with Gasteiger partial charge in [0, 0.05) is 35.1 Å². The van der Waals surface area contributed by atoms with Crippen LogP contribution in [0.3, 0.4) is 0 Å². The topological polar surface area (TPSA) is 107 Å². The first kappa shape index (κ1) is 20.0. The number of amides is 2. The van der Waals surface area contributed by atoms with Gasteiger partial charge in [0.15, 0.2) is 5.72 Å². The second-order valence-corrected chi connectivity index (χ2v) is 9.76. The molecule has 1 saturated heterocycles. The Kier molecular flexibility index (Phi) is 3.51. The molecule has 9 heteroatoms. The van der Waals surface area contributed by atoms with E-state index < -0.39 is 29.9 Å². The Morgan fingerprint density at radius 3 is 2.28 bits per heavy atom. The number of imide groups is 1. The van der Waals surface area contributed by atoms with Crippen LogP contribution in [0.2, 0.25) is 0 Å². The fourth-order valence-corrected chi connectivity index (χ4v) is 6.89. The summed E-state index contributed by atoms with van der Waals surface area (Å²) in [5.74, 6) is -0.806. The largest absolute Gasteiger partial charge is 0.411 e. The van der Waals surface area contributed by atoms with Crippen LogP contribution in [0.5, 0.6) is 0 Å². The first-order valence-corrected chi connectivity index (χ1v) is 11.8. The summed E-state index contributed by atoms with van der Waals surface area (Å²) in [6, 6.07) is 15.6. The van der Waals surface area contributed by atoms with Crippen LogP contribution < -0.4 is 5.32 Å². The zero-order valence-corrected chi connectivity index (χ0v) is 19.4. The molecule has 0 spiro atoms. The Morgan fingerprint density at radius 1 is 1.00 bits per heavy atom. The number of fused-ring (bicyclic) bond motifs is 13. The zero-order chi connectivity index (χ0) is 24.5. The molecule has 8 rings (SSSR count). The highest BCUT2D eigenvalue weighted by molar-refractivity contribution is 6.39. The summed E-state index contributed by atoms with van der Waals surface area (Å²) in [6.45, 7) is 1.92. The van der Waals surface area contributed by atoms with Crippen LogP contribution in [0.1, 0.15) is 40.3 Å². The van der Waals surface area contributed by atoms with Gasteiger partial charge in [0.1, 0.15) is 12.3 Å². The maximum atomic E-state index is 13.3. The zero-order valence-electron chi connectivity index (χ0n) is 19.4. The van der Waals surface area contributed by atoms with E-state index in [9.17, 15) is 14.8 Å². The summed E-state index contributed by atoms with van der Waals surface area (Å²) < 4.78 is 16.9. The van der Waals surface area contributed by atoms with Crippen LogP contribution in [-0.4, -0.2) is 45.1 Å². The third kappa shape index (κ3) is 2.01. The van der Waals surface area contributed by atoms with Gasteiger partial charge in [0.2, 0.25) is 0 Å². The Labute approximate surface area is 203 Å². The standard InChI is InChI=1S/C27H20N4O5/c1-27-24(35-2)14(29-34)11-17(36-27)30-15-9-5-3-7-12(15)18-20-21(26(33)28-25(20)32)19-13-8-4-6-10-16(13)31(27)23(19)22(18)30/h3-10,17,24,34H,11H2,1-2H3,(H,28,32,33). The van der Waals surface area contributed by atoms with Crippen LogP contribution >= 0.6 is 0 Å². The number of hydrogen-bond acceptors (Lipinski definition) is 6. The van der Waals surface area contributed by atoms with E-state index in [4.69, 9.17) is 9.47 Å². The molecular formula is C27H20N4O5. The number of hydrogen-bond donors (Lipinski definition) is 2. The minimum absolute atomic E-state index is 0.296. The van der Waals surface area contributed by atoms with Crippen molar-refractivity contribution in [1.82, 2.24) is 14.5 Å². The minimum Gasteiger partial charge on any atom is -0.411 e. The summed E-state index contributed by atoms with van der Waals surface area (Å²) in [5.41, 5.74) is 3.42. The molecule has 1 fully saturated rings. The lowest BCUT2D eigenvalue weighted by Gasteiger charge is -2.44. The summed E-state index contributed by atoms with van der Waals surface area (Å²) in [7, 11) is 1.57. The van der Waals surface area contributed by atoms with Crippen molar-refractivity contribution in [2.45, 2.75) is 31.4 Å². The molecule has 0 aliphatic carbocycles. The van der Waals surface area contributed by atoms with Crippen molar-refractivity contribution in [2.24, 2.45) is 5.16 Å². The van der Waals surface area contributed by atoms with Crippen LogP contribution in [0.15, 0.2) is 53.7 Å². The van der Waals surface area contributed by atoms with Crippen molar-refractivity contribution in [3.8, 4) is 0 Å². The molecule has 5 heterocycles. The molecule has 3 aliphatic rings. The van der Waals surface area contributed by atoms with Crippen molar-refractivity contribution in [3.05, 3.63) is 59.7 Å². The van der Waals surface area contributed by atoms with E-state index in [1.807, 2.05) is 55.5 Å². The van der Waals surface area contributed by atoms with E-state index in [2.05, 4.69) is 19.6 Å². The van der Waals surface area contributed by atoms with E-state index in [1.165, 1.54) is 0 Å². The van der Waals surface area contributed by atoms with Gasteiger partial charge in [-0.25, -0.2) is 0 Å². The predicted octanol–water partition coefficient (Wildman–Crippen LogP) is 4.24. The molecule has 3 atom stereocenters. The maximum absolute atomic E-state index is 13.3. The van der Waals surface area contributed by atoms with Gasteiger partial charge in [-0.1, -0.05) is 41.6 Å². The fourth-order valence-electron chi connectivity index (χ4n) is 6.89. The average Bonchev–Trinajstić information content (AvgIpc) is 3.48. The summed E-state index contributed by atoms with van der Waals surface area (Å²) in [5, 5.41) is 19.3. The van der Waals surface area contributed by atoms with Crippen LogP contribution in [-0.2, 0) is 15.2 Å². The molecule has 2 aromatic heterocycles. The number of rotatable bonds is 1. The number of nitrogens with zero attached hydrogens (tertiary/aromatic N) is 3. The Bertz CT molecular complexity index is 1900. The fraction of sp³-hybridized carbons (Fsp3) is 0.222. The van der Waals surface area contributed by atoms with Crippen molar-refractivity contribution >= 4 is 61.1 Å². The molecule has 2 N–H and O–H groups in total. The Morgan fingerprint density at radius 2 is 1.61 bits per heavy atom. The lowest BCUT2D eigenvalue weighted by Crippen LogP contribution is -2.54. The summed E-state index contributed by atoms with van der Waals surface area (Å²) in [4.78, 5) is 26.6. The summed E-state index contributed by atoms with van der Waals surface area (Å²) >= 11 is 0. The quantitative estimate of drug-likeness (QED) is 0.212. The number of carbonyl (C=O) groups is 2. The van der Waals surface area contributed by atoms with Crippen LogP contribution in [0.4, 0.5) is 0 Å². The maximum Gasteiger partial charge on any atom is 0.259 e. The third-order valence-electron chi connectivity index (χ3n) is 8.08. The van der Waals surface area contributed by atoms with E-state index >= 15 is 0 Å². The first-order chi connectivity index (χ1) is 17.5. The van der Waals surface area contributed by atoms with E-state index in [0.29, 0.717) is 28.6 Å².